The minimum atomic E-state index is 0.301. The van der Waals surface area contributed by atoms with Gasteiger partial charge in [0.2, 0.25) is 0 Å². The summed E-state index contributed by atoms with van der Waals surface area (Å²) in [6.45, 7) is 2.82. The summed E-state index contributed by atoms with van der Waals surface area (Å²) < 4.78 is 2.04. The highest BCUT2D eigenvalue weighted by Crippen LogP contribution is 2.29. The van der Waals surface area contributed by atoms with E-state index < -0.39 is 0 Å². The predicted molar refractivity (Wildman–Crippen MR) is 79.9 cm³/mol. The van der Waals surface area contributed by atoms with Gasteiger partial charge < -0.3 is 4.57 Å². The van der Waals surface area contributed by atoms with Crippen molar-refractivity contribution in [1.82, 2.24) is 25.0 Å². The maximum Gasteiger partial charge on any atom is 0.197 e. The third-order valence-electron chi connectivity index (χ3n) is 2.73. The molecule has 3 rings (SSSR count). The number of aromatic nitrogens is 5. The van der Waals surface area contributed by atoms with Gasteiger partial charge in [-0.15, -0.1) is 31.7 Å². The van der Waals surface area contributed by atoms with E-state index in [1.165, 1.54) is 11.8 Å². The SMILES string of the molecule is CCn1c(Sc2ccc(C#N)nn2)nnc1-c1cccs1. The van der Waals surface area contributed by atoms with Gasteiger partial charge in [0.05, 0.1) is 4.88 Å². The molecule has 6 nitrogen and oxygen atoms in total. The smallest absolute Gasteiger partial charge is 0.197 e. The molecule has 3 aromatic rings. The van der Waals surface area contributed by atoms with E-state index in [9.17, 15) is 0 Å². The summed E-state index contributed by atoms with van der Waals surface area (Å²) in [6.07, 6.45) is 0. The molecule has 0 saturated carbocycles. The highest BCUT2D eigenvalue weighted by molar-refractivity contribution is 7.99. The average Bonchev–Trinajstić information content (AvgIpc) is 3.16. The third-order valence-corrected chi connectivity index (χ3v) is 4.50. The topological polar surface area (TPSA) is 80.3 Å². The van der Waals surface area contributed by atoms with Gasteiger partial charge in [-0.3, -0.25) is 0 Å². The fraction of sp³-hybridized carbons (Fsp3) is 0.154. The largest absolute Gasteiger partial charge is 0.301 e. The van der Waals surface area contributed by atoms with Gasteiger partial charge in [-0.25, -0.2) is 0 Å². The van der Waals surface area contributed by atoms with Crippen molar-refractivity contribution in [3.63, 3.8) is 0 Å². The Hall–Kier alpha value is -2.24. The molecule has 0 aliphatic rings. The van der Waals surface area contributed by atoms with Crippen LogP contribution in [-0.4, -0.2) is 25.0 Å². The third kappa shape index (κ3) is 2.79. The Kier molecular flexibility index (Phi) is 3.94. The maximum atomic E-state index is 8.72. The van der Waals surface area contributed by atoms with Crippen molar-refractivity contribution in [3.8, 4) is 16.8 Å². The van der Waals surface area contributed by atoms with Crippen molar-refractivity contribution in [1.29, 1.82) is 5.26 Å². The Bertz CT molecular complexity index is 770. The standard InChI is InChI=1S/C13H10N6S2/c1-2-19-12(10-4-3-7-20-10)17-18-13(19)21-11-6-5-9(8-14)15-16-11/h3-7H,2H2,1H3. The molecule has 0 atom stereocenters. The van der Waals surface area contributed by atoms with Crippen molar-refractivity contribution in [2.45, 2.75) is 23.7 Å². The molecule has 0 aliphatic carbocycles. The lowest BCUT2D eigenvalue weighted by molar-refractivity contribution is 0.687. The Balaban J connectivity index is 1.90. The normalized spacial score (nSPS) is 10.5. The van der Waals surface area contributed by atoms with Crippen LogP contribution in [0.3, 0.4) is 0 Å². The monoisotopic (exact) mass is 314 g/mol. The summed E-state index contributed by atoms with van der Waals surface area (Å²) in [7, 11) is 0. The molecule has 0 N–H and O–H groups in total. The predicted octanol–water partition coefficient (Wildman–Crippen LogP) is 2.84. The van der Waals surface area contributed by atoms with Crippen molar-refractivity contribution in [2.24, 2.45) is 0 Å². The zero-order chi connectivity index (χ0) is 14.7. The van der Waals surface area contributed by atoms with Crippen LogP contribution in [0.4, 0.5) is 0 Å². The van der Waals surface area contributed by atoms with Gasteiger partial charge >= 0.3 is 0 Å². The van der Waals surface area contributed by atoms with Crippen LogP contribution in [0, 0.1) is 11.3 Å². The first-order chi connectivity index (χ1) is 10.3. The molecule has 0 radical (unpaired) electrons. The summed E-state index contributed by atoms with van der Waals surface area (Å²) in [5.74, 6) is 0.858. The van der Waals surface area contributed by atoms with E-state index in [4.69, 9.17) is 5.26 Å². The summed E-state index contributed by atoms with van der Waals surface area (Å²) >= 11 is 3.02. The average molecular weight is 314 g/mol. The van der Waals surface area contributed by atoms with Gasteiger partial charge in [0.1, 0.15) is 11.1 Å². The molecule has 0 aromatic carbocycles. The number of nitrogens with zero attached hydrogens (tertiary/aromatic N) is 6. The van der Waals surface area contributed by atoms with Crippen LogP contribution >= 0.6 is 23.1 Å². The minimum Gasteiger partial charge on any atom is -0.301 e. The number of hydrogen-bond acceptors (Lipinski definition) is 7. The van der Waals surface area contributed by atoms with Gasteiger partial charge in [-0.05, 0) is 42.3 Å². The molecule has 0 spiro atoms. The summed E-state index contributed by atoms with van der Waals surface area (Å²) in [4.78, 5) is 1.09. The van der Waals surface area contributed by atoms with E-state index in [-0.39, 0.29) is 0 Å². The highest BCUT2D eigenvalue weighted by atomic mass is 32.2. The van der Waals surface area contributed by atoms with Crippen LogP contribution in [0.15, 0.2) is 39.8 Å². The van der Waals surface area contributed by atoms with Crippen LogP contribution in [0.25, 0.3) is 10.7 Å². The molecule has 0 fully saturated rings. The summed E-state index contributed by atoms with van der Waals surface area (Å²) in [5, 5.41) is 28.5. The molecule has 21 heavy (non-hydrogen) atoms. The van der Waals surface area contributed by atoms with Crippen LogP contribution in [0.5, 0.6) is 0 Å². The molecule has 0 aliphatic heterocycles. The van der Waals surface area contributed by atoms with E-state index in [0.29, 0.717) is 10.7 Å². The Morgan fingerprint density at radius 1 is 1.24 bits per heavy atom. The molecule has 0 unspecified atom stereocenters. The first kappa shape index (κ1) is 13.7. The molecule has 8 heteroatoms. The van der Waals surface area contributed by atoms with Gasteiger partial charge in [0.25, 0.3) is 0 Å². The number of rotatable bonds is 4. The minimum absolute atomic E-state index is 0.301. The second-order valence-electron chi connectivity index (χ2n) is 4.00. The van der Waals surface area contributed by atoms with Crippen molar-refractivity contribution < 1.29 is 0 Å². The van der Waals surface area contributed by atoms with Crippen molar-refractivity contribution in [3.05, 3.63) is 35.3 Å². The molecule has 0 amide bonds. The molecule has 3 heterocycles. The van der Waals surface area contributed by atoms with Crippen molar-refractivity contribution in [2.75, 3.05) is 0 Å². The quantitative estimate of drug-likeness (QED) is 0.736. The molecule has 0 bridgehead atoms. The fourth-order valence-electron chi connectivity index (χ4n) is 1.76. The lowest BCUT2D eigenvalue weighted by Crippen LogP contribution is -1.99. The van der Waals surface area contributed by atoms with E-state index in [0.717, 1.165) is 22.4 Å². The summed E-state index contributed by atoms with van der Waals surface area (Å²) in [5.41, 5.74) is 0.301. The highest BCUT2D eigenvalue weighted by Gasteiger charge is 2.15. The van der Waals surface area contributed by atoms with Crippen LogP contribution in [0.2, 0.25) is 0 Å². The van der Waals surface area contributed by atoms with Crippen LogP contribution < -0.4 is 0 Å². The first-order valence-corrected chi connectivity index (χ1v) is 7.90. The lowest BCUT2D eigenvalue weighted by Gasteiger charge is -2.05. The summed E-state index contributed by atoms with van der Waals surface area (Å²) in [6, 6.07) is 9.37. The maximum absolute atomic E-state index is 8.72. The van der Waals surface area contributed by atoms with E-state index in [1.54, 1.807) is 23.5 Å². The van der Waals surface area contributed by atoms with Gasteiger partial charge in [-0.2, -0.15) is 5.26 Å². The zero-order valence-electron chi connectivity index (χ0n) is 11.1. The number of hydrogen-bond donors (Lipinski definition) is 0. The van der Waals surface area contributed by atoms with Crippen LogP contribution in [-0.2, 0) is 6.54 Å². The Labute approximate surface area is 129 Å². The second kappa shape index (κ2) is 6.03. The first-order valence-electron chi connectivity index (χ1n) is 6.20. The van der Waals surface area contributed by atoms with Gasteiger partial charge in [0.15, 0.2) is 16.7 Å². The molecule has 104 valence electrons. The molecular weight excluding hydrogens is 304 g/mol. The van der Waals surface area contributed by atoms with E-state index >= 15 is 0 Å². The van der Waals surface area contributed by atoms with E-state index in [2.05, 4.69) is 27.3 Å². The van der Waals surface area contributed by atoms with Gasteiger partial charge in [0, 0.05) is 6.54 Å². The molecular formula is C13H10N6S2. The van der Waals surface area contributed by atoms with Gasteiger partial charge in [-0.1, -0.05) is 6.07 Å². The molecule has 0 saturated heterocycles. The number of nitriles is 1. The lowest BCUT2D eigenvalue weighted by atomic mass is 10.4. The number of thiophene rings is 1. The van der Waals surface area contributed by atoms with E-state index in [1.807, 2.05) is 28.1 Å². The molecule has 3 aromatic heterocycles. The fourth-order valence-corrected chi connectivity index (χ4v) is 3.29. The zero-order valence-corrected chi connectivity index (χ0v) is 12.7. The van der Waals surface area contributed by atoms with Crippen molar-refractivity contribution >= 4 is 23.1 Å². The Morgan fingerprint density at radius 3 is 2.76 bits per heavy atom. The van der Waals surface area contributed by atoms with Crippen LogP contribution in [0.1, 0.15) is 12.6 Å². The second-order valence-corrected chi connectivity index (χ2v) is 5.93. The Morgan fingerprint density at radius 2 is 2.14 bits per heavy atom.